The molecular weight excluding hydrogens is 331 g/mol. The number of halogens is 1. The van der Waals surface area contributed by atoms with Crippen molar-refractivity contribution in [3.63, 3.8) is 0 Å². The lowest BCUT2D eigenvalue weighted by molar-refractivity contribution is -0.138. The van der Waals surface area contributed by atoms with E-state index in [2.05, 4.69) is 0 Å². The van der Waals surface area contributed by atoms with Crippen LogP contribution >= 0.6 is 0 Å². The van der Waals surface area contributed by atoms with E-state index >= 15 is 0 Å². The smallest absolute Gasteiger partial charge is 0.232 e. The van der Waals surface area contributed by atoms with Gasteiger partial charge in [0.2, 0.25) is 11.8 Å². The molecule has 3 rings (SSSR count). The maximum Gasteiger partial charge on any atom is 0.232 e. The van der Waals surface area contributed by atoms with Gasteiger partial charge in [0.15, 0.2) is 0 Å². The Hall–Kier alpha value is -1.91. The lowest BCUT2D eigenvalue weighted by atomic mass is 9.82. The Labute approximate surface area is 155 Å². The van der Waals surface area contributed by atoms with E-state index in [1.54, 1.807) is 12.1 Å². The Kier molecular flexibility index (Phi) is 5.64. The normalized spacial score (nSPS) is 19.0. The van der Waals surface area contributed by atoms with Gasteiger partial charge in [-0.1, -0.05) is 12.1 Å². The summed E-state index contributed by atoms with van der Waals surface area (Å²) in [5.41, 5.74) is 0.154. The first-order valence-electron chi connectivity index (χ1n) is 9.71. The molecule has 1 aromatic rings. The predicted octanol–water partition coefficient (Wildman–Crippen LogP) is 3.35. The summed E-state index contributed by atoms with van der Waals surface area (Å²) < 4.78 is 13.2. The van der Waals surface area contributed by atoms with Crippen LogP contribution in [-0.2, 0) is 15.0 Å². The molecule has 0 bridgehead atoms. The van der Waals surface area contributed by atoms with Gasteiger partial charge in [0.25, 0.3) is 0 Å². The molecule has 2 heterocycles. The number of amides is 2. The largest absolute Gasteiger partial charge is 0.343 e. The Morgan fingerprint density at radius 1 is 1.00 bits per heavy atom. The van der Waals surface area contributed by atoms with E-state index < -0.39 is 5.41 Å². The van der Waals surface area contributed by atoms with Gasteiger partial charge in [0.05, 0.1) is 5.41 Å². The maximum absolute atomic E-state index is 13.2. The van der Waals surface area contributed by atoms with Crippen LogP contribution in [-0.4, -0.2) is 47.8 Å². The lowest BCUT2D eigenvalue weighted by Gasteiger charge is -2.37. The van der Waals surface area contributed by atoms with Gasteiger partial charge in [-0.25, -0.2) is 4.39 Å². The summed E-state index contributed by atoms with van der Waals surface area (Å²) in [5.74, 6) is 0.439. The number of likely N-dealkylation sites (tertiary alicyclic amines) is 2. The quantitative estimate of drug-likeness (QED) is 0.826. The van der Waals surface area contributed by atoms with Crippen molar-refractivity contribution in [3.8, 4) is 0 Å². The number of nitrogens with zero attached hydrogens (tertiary/aromatic N) is 2. The number of hydrogen-bond donors (Lipinski definition) is 0. The van der Waals surface area contributed by atoms with Crippen LogP contribution in [0.5, 0.6) is 0 Å². The molecule has 4 nitrogen and oxygen atoms in total. The van der Waals surface area contributed by atoms with Crippen LogP contribution in [0.25, 0.3) is 0 Å². The fourth-order valence-corrected chi connectivity index (χ4v) is 4.07. The molecule has 0 unspecified atom stereocenters. The fraction of sp³-hybridized carbons (Fsp3) is 0.619. The fourth-order valence-electron chi connectivity index (χ4n) is 4.07. The standard InChI is InChI=1S/C21H29FN2O2/c1-21(2,17-5-7-18(22)8-6-17)20(26)24-13-9-16(10-14-24)15-19(25)23-11-3-4-12-23/h5-8,16H,3-4,9-15H2,1-2H3. The number of carbonyl (C=O) groups excluding carboxylic acids is 2. The minimum atomic E-state index is -0.675. The van der Waals surface area contributed by atoms with Crippen molar-refractivity contribution in [1.82, 2.24) is 9.80 Å². The van der Waals surface area contributed by atoms with E-state index in [9.17, 15) is 14.0 Å². The number of carbonyl (C=O) groups is 2. The van der Waals surface area contributed by atoms with Gasteiger partial charge in [-0.2, -0.15) is 0 Å². The number of hydrogen-bond acceptors (Lipinski definition) is 2. The molecule has 0 saturated carbocycles. The van der Waals surface area contributed by atoms with E-state index in [1.165, 1.54) is 12.1 Å². The minimum absolute atomic E-state index is 0.0772. The van der Waals surface area contributed by atoms with E-state index in [4.69, 9.17) is 0 Å². The van der Waals surface area contributed by atoms with Crippen molar-refractivity contribution in [3.05, 3.63) is 35.6 Å². The van der Waals surface area contributed by atoms with Crippen molar-refractivity contribution in [2.45, 2.75) is 51.4 Å². The van der Waals surface area contributed by atoms with Crippen molar-refractivity contribution in [1.29, 1.82) is 0 Å². The highest BCUT2D eigenvalue weighted by molar-refractivity contribution is 5.87. The van der Waals surface area contributed by atoms with Crippen LogP contribution in [0.3, 0.4) is 0 Å². The zero-order chi connectivity index (χ0) is 18.7. The number of benzene rings is 1. The maximum atomic E-state index is 13.2. The zero-order valence-corrected chi connectivity index (χ0v) is 15.8. The van der Waals surface area contributed by atoms with Gasteiger partial charge in [-0.3, -0.25) is 9.59 Å². The molecule has 2 amide bonds. The second kappa shape index (κ2) is 7.77. The van der Waals surface area contributed by atoms with Gasteiger partial charge >= 0.3 is 0 Å². The van der Waals surface area contributed by atoms with Crippen LogP contribution in [0.4, 0.5) is 4.39 Å². The first kappa shape index (κ1) is 18.9. The molecule has 2 saturated heterocycles. The Morgan fingerprint density at radius 2 is 1.58 bits per heavy atom. The molecule has 26 heavy (non-hydrogen) atoms. The number of piperidine rings is 1. The second-order valence-electron chi connectivity index (χ2n) is 8.16. The van der Waals surface area contributed by atoms with Crippen LogP contribution in [0.2, 0.25) is 0 Å². The van der Waals surface area contributed by atoms with Gasteiger partial charge < -0.3 is 9.80 Å². The summed E-state index contributed by atoms with van der Waals surface area (Å²) in [6.07, 6.45) is 4.62. The molecular formula is C21H29FN2O2. The summed E-state index contributed by atoms with van der Waals surface area (Å²) in [4.78, 5) is 29.2. The third kappa shape index (κ3) is 4.08. The molecule has 142 valence electrons. The Morgan fingerprint density at radius 3 is 2.15 bits per heavy atom. The molecule has 1 aromatic carbocycles. The summed E-state index contributed by atoms with van der Waals surface area (Å²) in [6, 6.07) is 6.19. The molecule has 0 radical (unpaired) electrons. The lowest BCUT2D eigenvalue weighted by Crippen LogP contribution is -2.47. The molecule has 0 aliphatic carbocycles. The Balaban J connectivity index is 1.54. The highest BCUT2D eigenvalue weighted by atomic mass is 19.1. The van der Waals surface area contributed by atoms with Gasteiger partial charge in [0.1, 0.15) is 5.82 Å². The van der Waals surface area contributed by atoms with Gasteiger partial charge in [0, 0.05) is 32.6 Å². The molecule has 0 spiro atoms. The van der Waals surface area contributed by atoms with Crippen molar-refractivity contribution >= 4 is 11.8 Å². The molecule has 0 aromatic heterocycles. The monoisotopic (exact) mass is 360 g/mol. The van der Waals surface area contributed by atoms with E-state index in [-0.39, 0.29) is 17.6 Å². The van der Waals surface area contributed by atoms with Crippen LogP contribution in [0.1, 0.15) is 51.5 Å². The van der Waals surface area contributed by atoms with E-state index in [0.29, 0.717) is 25.4 Å². The highest BCUT2D eigenvalue weighted by Crippen LogP contribution is 2.29. The predicted molar refractivity (Wildman–Crippen MR) is 99.2 cm³/mol. The van der Waals surface area contributed by atoms with Crippen LogP contribution in [0, 0.1) is 11.7 Å². The van der Waals surface area contributed by atoms with Gasteiger partial charge in [-0.15, -0.1) is 0 Å². The van der Waals surface area contributed by atoms with Crippen molar-refractivity contribution < 1.29 is 14.0 Å². The topological polar surface area (TPSA) is 40.6 Å². The average Bonchev–Trinajstić information content (AvgIpc) is 3.17. The second-order valence-corrected chi connectivity index (χ2v) is 8.16. The van der Waals surface area contributed by atoms with E-state index in [1.807, 2.05) is 23.6 Å². The highest BCUT2D eigenvalue weighted by Gasteiger charge is 2.36. The third-order valence-corrected chi connectivity index (χ3v) is 5.92. The molecule has 2 aliphatic rings. The van der Waals surface area contributed by atoms with Crippen LogP contribution in [0.15, 0.2) is 24.3 Å². The van der Waals surface area contributed by atoms with E-state index in [0.717, 1.165) is 44.3 Å². The van der Waals surface area contributed by atoms with Gasteiger partial charge in [-0.05, 0) is 63.1 Å². The molecule has 2 fully saturated rings. The minimum Gasteiger partial charge on any atom is -0.343 e. The third-order valence-electron chi connectivity index (χ3n) is 5.92. The average molecular weight is 360 g/mol. The number of rotatable bonds is 4. The van der Waals surface area contributed by atoms with Crippen LogP contribution < -0.4 is 0 Å². The first-order chi connectivity index (χ1) is 12.4. The Bertz CT molecular complexity index is 642. The molecule has 2 aliphatic heterocycles. The zero-order valence-electron chi connectivity index (χ0n) is 15.8. The van der Waals surface area contributed by atoms with Crippen molar-refractivity contribution in [2.24, 2.45) is 5.92 Å². The van der Waals surface area contributed by atoms with Crippen molar-refractivity contribution in [2.75, 3.05) is 26.2 Å². The molecule has 0 atom stereocenters. The molecule has 5 heteroatoms. The first-order valence-corrected chi connectivity index (χ1v) is 9.71. The summed E-state index contributed by atoms with van der Waals surface area (Å²) in [5, 5.41) is 0. The molecule has 0 N–H and O–H groups in total. The SMILES string of the molecule is CC(C)(C(=O)N1CCC(CC(=O)N2CCCC2)CC1)c1ccc(F)cc1. The summed E-state index contributed by atoms with van der Waals surface area (Å²) in [6.45, 7) is 6.99. The summed E-state index contributed by atoms with van der Waals surface area (Å²) >= 11 is 0. The summed E-state index contributed by atoms with van der Waals surface area (Å²) in [7, 11) is 0.